The molecule has 2 aromatic carbocycles. The van der Waals surface area contributed by atoms with E-state index in [1.54, 1.807) is 42.5 Å². The van der Waals surface area contributed by atoms with Gasteiger partial charge in [-0.1, -0.05) is 17.7 Å². The van der Waals surface area contributed by atoms with Gasteiger partial charge in [0.2, 0.25) is 0 Å². The molecule has 31 heavy (non-hydrogen) atoms. The highest BCUT2D eigenvalue weighted by Crippen LogP contribution is 2.38. The lowest BCUT2D eigenvalue weighted by Crippen LogP contribution is -2.32. The number of hydrogen-bond donors (Lipinski definition) is 1. The number of anilines is 2. The maximum atomic E-state index is 13.4. The molecule has 0 saturated carbocycles. The first kappa shape index (κ1) is 21.0. The zero-order valence-corrected chi connectivity index (χ0v) is 18.4. The molecule has 0 spiro atoms. The Hall–Kier alpha value is -3.29. The fraction of sp³-hybridized carbons (Fsp3) is 0.130. The first-order valence-corrected chi connectivity index (χ1v) is 10.8. The summed E-state index contributed by atoms with van der Waals surface area (Å²) in [5.41, 5.74) is 1.42. The average molecular weight is 455 g/mol. The molecule has 2 heterocycles. The van der Waals surface area contributed by atoms with Gasteiger partial charge in [0.25, 0.3) is 11.8 Å². The van der Waals surface area contributed by atoms with E-state index in [9.17, 15) is 9.59 Å². The number of imide groups is 1. The number of methoxy groups -OCH3 is 1. The number of ether oxygens (including phenoxy) is 2. The zero-order chi connectivity index (χ0) is 22.0. The van der Waals surface area contributed by atoms with Crippen LogP contribution in [-0.4, -0.2) is 25.5 Å². The summed E-state index contributed by atoms with van der Waals surface area (Å²) in [7, 11) is 1.52. The van der Waals surface area contributed by atoms with Crippen LogP contribution in [-0.2, 0) is 9.59 Å². The highest BCUT2D eigenvalue weighted by Gasteiger charge is 2.41. The number of hydrogen-bond acceptors (Lipinski definition) is 6. The highest BCUT2D eigenvalue weighted by molar-refractivity contribution is 7.11. The van der Waals surface area contributed by atoms with E-state index in [1.807, 2.05) is 24.4 Å². The average Bonchev–Trinajstić information content (AvgIpc) is 3.36. The summed E-state index contributed by atoms with van der Waals surface area (Å²) in [5, 5.41) is 5.42. The molecule has 0 radical (unpaired) electrons. The first-order valence-electron chi connectivity index (χ1n) is 9.53. The van der Waals surface area contributed by atoms with Crippen molar-refractivity contribution >= 4 is 51.7 Å². The van der Waals surface area contributed by atoms with E-state index in [-0.39, 0.29) is 5.70 Å². The summed E-state index contributed by atoms with van der Waals surface area (Å²) < 4.78 is 10.8. The summed E-state index contributed by atoms with van der Waals surface area (Å²) in [6.45, 7) is 2.42. The van der Waals surface area contributed by atoms with E-state index in [4.69, 9.17) is 21.1 Å². The number of thiophene rings is 1. The number of nitrogens with one attached hydrogen (secondary N) is 1. The van der Waals surface area contributed by atoms with Crippen LogP contribution in [0.5, 0.6) is 11.5 Å². The second-order valence-corrected chi connectivity index (χ2v) is 7.95. The quantitative estimate of drug-likeness (QED) is 0.496. The van der Waals surface area contributed by atoms with Crippen molar-refractivity contribution in [3.05, 3.63) is 75.6 Å². The molecule has 0 atom stereocenters. The van der Waals surface area contributed by atoms with Crippen molar-refractivity contribution in [2.24, 2.45) is 0 Å². The number of carbonyl (C=O) groups is 2. The van der Waals surface area contributed by atoms with Crippen molar-refractivity contribution in [1.82, 2.24) is 0 Å². The largest absolute Gasteiger partial charge is 0.495 e. The number of benzene rings is 2. The molecule has 1 N–H and O–H groups in total. The molecule has 1 aromatic heterocycles. The molecule has 2 amide bonds. The topological polar surface area (TPSA) is 67.9 Å². The van der Waals surface area contributed by atoms with Gasteiger partial charge >= 0.3 is 0 Å². The van der Waals surface area contributed by atoms with Gasteiger partial charge in [-0.25, -0.2) is 4.90 Å². The van der Waals surface area contributed by atoms with E-state index in [0.29, 0.717) is 45.0 Å². The Balaban J connectivity index is 1.76. The second-order valence-electron chi connectivity index (χ2n) is 6.57. The standard InChI is InChI=1S/C23H19ClN2O4S/c1-3-30-16-9-7-15(8-10-16)26-22(27)20(19-5-4-12-31-19)21(23(26)28)25-17-13-14(24)6-11-18(17)29-2/h4-13,25H,3H2,1-2H3. The molecule has 0 bridgehead atoms. The van der Waals surface area contributed by atoms with Crippen LogP contribution in [0.3, 0.4) is 0 Å². The van der Waals surface area contributed by atoms with Crippen molar-refractivity contribution in [2.45, 2.75) is 6.92 Å². The minimum absolute atomic E-state index is 0.168. The zero-order valence-electron chi connectivity index (χ0n) is 16.8. The monoisotopic (exact) mass is 454 g/mol. The van der Waals surface area contributed by atoms with Crippen molar-refractivity contribution in [3.8, 4) is 11.5 Å². The molecular weight excluding hydrogens is 436 g/mol. The van der Waals surface area contributed by atoms with Gasteiger partial charge in [-0.05, 0) is 60.8 Å². The molecule has 158 valence electrons. The maximum Gasteiger partial charge on any atom is 0.282 e. The van der Waals surface area contributed by atoms with Gasteiger partial charge in [0.15, 0.2) is 0 Å². The van der Waals surface area contributed by atoms with Crippen LogP contribution in [0.25, 0.3) is 5.57 Å². The smallest absolute Gasteiger partial charge is 0.282 e. The number of carbonyl (C=O) groups excluding carboxylic acids is 2. The second kappa shape index (κ2) is 8.83. The van der Waals surface area contributed by atoms with Crippen molar-refractivity contribution in [3.63, 3.8) is 0 Å². The third-order valence-electron chi connectivity index (χ3n) is 4.68. The summed E-state index contributed by atoms with van der Waals surface area (Å²) in [6.07, 6.45) is 0. The molecular formula is C23H19ClN2O4S. The molecule has 0 aliphatic carbocycles. The molecule has 1 aliphatic rings. The molecule has 4 rings (SSSR count). The summed E-state index contributed by atoms with van der Waals surface area (Å²) in [5.74, 6) is 0.306. The Bertz CT molecular complexity index is 1160. The third kappa shape index (κ3) is 4.02. The summed E-state index contributed by atoms with van der Waals surface area (Å²) in [4.78, 5) is 28.6. The van der Waals surface area contributed by atoms with Crippen LogP contribution in [0, 0.1) is 0 Å². The lowest BCUT2D eigenvalue weighted by molar-refractivity contribution is -0.120. The Kier molecular flexibility index (Phi) is 5.97. The van der Waals surface area contributed by atoms with Crippen molar-refractivity contribution < 1.29 is 19.1 Å². The normalized spacial score (nSPS) is 13.7. The van der Waals surface area contributed by atoms with Gasteiger partial charge in [0.1, 0.15) is 17.2 Å². The van der Waals surface area contributed by atoms with Gasteiger partial charge in [0, 0.05) is 9.90 Å². The number of amides is 2. The Morgan fingerprint density at radius 2 is 1.84 bits per heavy atom. The van der Waals surface area contributed by atoms with E-state index in [1.165, 1.54) is 18.4 Å². The molecule has 0 fully saturated rings. The summed E-state index contributed by atoms with van der Waals surface area (Å²) in [6, 6.07) is 15.5. The van der Waals surface area contributed by atoms with Crippen LogP contribution in [0.2, 0.25) is 5.02 Å². The molecule has 8 heteroatoms. The van der Waals surface area contributed by atoms with Gasteiger partial charge in [-0.3, -0.25) is 9.59 Å². The van der Waals surface area contributed by atoms with Crippen LogP contribution in [0.15, 0.2) is 65.7 Å². The van der Waals surface area contributed by atoms with E-state index in [0.717, 1.165) is 4.90 Å². The highest BCUT2D eigenvalue weighted by atomic mass is 35.5. The van der Waals surface area contributed by atoms with Crippen molar-refractivity contribution in [2.75, 3.05) is 23.9 Å². The molecule has 0 unspecified atom stereocenters. The van der Waals surface area contributed by atoms with Gasteiger partial charge in [-0.2, -0.15) is 0 Å². The molecule has 0 saturated heterocycles. The maximum absolute atomic E-state index is 13.4. The fourth-order valence-electron chi connectivity index (χ4n) is 3.30. The summed E-state index contributed by atoms with van der Waals surface area (Å²) >= 11 is 7.53. The fourth-order valence-corrected chi connectivity index (χ4v) is 4.24. The Morgan fingerprint density at radius 1 is 1.06 bits per heavy atom. The van der Waals surface area contributed by atoms with E-state index < -0.39 is 11.8 Å². The number of rotatable bonds is 7. The van der Waals surface area contributed by atoms with E-state index in [2.05, 4.69) is 5.32 Å². The van der Waals surface area contributed by atoms with Crippen LogP contribution in [0.4, 0.5) is 11.4 Å². The Morgan fingerprint density at radius 3 is 2.48 bits per heavy atom. The molecule has 6 nitrogen and oxygen atoms in total. The van der Waals surface area contributed by atoms with Crippen LogP contribution in [0.1, 0.15) is 11.8 Å². The van der Waals surface area contributed by atoms with Gasteiger partial charge in [-0.15, -0.1) is 11.3 Å². The van der Waals surface area contributed by atoms with Gasteiger partial charge in [0.05, 0.1) is 30.7 Å². The van der Waals surface area contributed by atoms with Gasteiger partial charge < -0.3 is 14.8 Å². The SMILES string of the molecule is CCOc1ccc(N2C(=O)C(Nc3cc(Cl)ccc3OC)=C(c3cccs3)C2=O)cc1. The third-order valence-corrected chi connectivity index (χ3v) is 5.80. The molecule has 1 aliphatic heterocycles. The minimum Gasteiger partial charge on any atom is -0.495 e. The predicted molar refractivity (Wildman–Crippen MR) is 123 cm³/mol. The lowest BCUT2D eigenvalue weighted by atomic mass is 10.1. The minimum atomic E-state index is -0.459. The van der Waals surface area contributed by atoms with Crippen molar-refractivity contribution in [1.29, 1.82) is 0 Å². The van der Waals surface area contributed by atoms with Crippen LogP contribution >= 0.6 is 22.9 Å². The van der Waals surface area contributed by atoms with Crippen LogP contribution < -0.4 is 19.7 Å². The number of halogens is 1. The number of nitrogens with zero attached hydrogens (tertiary/aromatic N) is 1. The first-order chi connectivity index (χ1) is 15.0. The molecule has 3 aromatic rings. The predicted octanol–water partition coefficient (Wildman–Crippen LogP) is 5.21. The lowest BCUT2D eigenvalue weighted by Gasteiger charge is -2.16. The Labute approximate surface area is 188 Å². The van der Waals surface area contributed by atoms with E-state index >= 15 is 0 Å².